The third kappa shape index (κ3) is 2.37. The second-order valence-corrected chi connectivity index (χ2v) is 5.57. The van der Waals surface area contributed by atoms with Gasteiger partial charge >= 0.3 is 0 Å². The quantitative estimate of drug-likeness (QED) is 0.836. The lowest BCUT2D eigenvalue weighted by Crippen LogP contribution is -2.25. The van der Waals surface area contributed by atoms with Gasteiger partial charge in [0, 0.05) is 23.4 Å². The summed E-state index contributed by atoms with van der Waals surface area (Å²) in [6, 6.07) is 0. The summed E-state index contributed by atoms with van der Waals surface area (Å²) in [6.07, 6.45) is 4.90. The minimum absolute atomic E-state index is 0.527. The molecular formula is C11H18N2OS. The van der Waals surface area contributed by atoms with Gasteiger partial charge in [-0.1, -0.05) is 5.16 Å². The van der Waals surface area contributed by atoms with Crippen LogP contribution in [-0.2, 0) is 6.54 Å². The Morgan fingerprint density at radius 1 is 1.47 bits per heavy atom. The topological polar surface area (TPSA) is 38.1 Å². The monoisotopic (exact) mass is 226 g/mol. The summed E-state index contributed by atoms with van der Waals surface area (Å²) in [5.74, 6) is 0.939. The van der Waals surface area contributed by atoms with Gasteiger partial charge in [-0.25, -0.2) is 0 Å². The smallest absolute Gasteiger partial charge is 0.138 e. The molecule has 1 saturated carbocycles. The minimum atomic E-state index is 0.527. The van der Waals surface area contributed by atoms with Crippen LogP contribution in [0.4, 0.5) is 0 Å². The van der Waals surface area contributed by atoms with Crippen LogP contribution < -0.4 is 5.32 Å². The SMILES string of the molecule is CSC1(CNCc2c(C)noc2C)CC1. The molecule has 0 radical (unpaired) electrons. The Bertz CT molecular complexity index is 325. The summed E-state index contributed by atoms with van der Waals surface area (Å²) < 4.78 is 5.65. The first kappa shape index (κ1) is 11.0. The van der Waals surface area contributed by atoms with Crippen molar-refractivity contribution in [1.82, 2.24) is 10.5 Å². The minimum Gasteiger partial charge on any atom is -0.361 e. The van der Waals surface area contributed by atoms with Crippen molar-refractivity contribution in [3.05, 3.63) is 17.0 Å². The maximum atomic E-state index is 5.12. The predicted octanol–water partition coefficient (Wildman–Crippen LogP) is 2.28. The highest BCUT2D eigenvalue weighted by atomic mass is 32.2. The Labute approximate surface area is 95.0 Å². The molecule has 0 aromatic carbocycles. The maximum Gasteiger partial charge on any atom is 0.138 e. The van der Waals surface area contributed by atoms with Crippen LogP contribution >= 0.6 is 11.8 Å². The molecule has 1 heterocycles. The number of nitrogens with one attached hydrogen (secondary N) is 1. The van der Waals surface area contributed by atoms with Crippen LogP contribution in [0.2, 0.25) is 0 Å². The fraction of sp³-hybridized carbons (Fsp3) is 0.727. The summed E-state index contributed by atoms with van der Waals surface area (Å²) in [4.78, 5) is 0. The van der Waals surface area contributed by atoms with Gasteiger partial charge in [0.2, 0.25) is 0 Å². The van der Waals surface area contributed by atoms with E-state index in [9.17, 15) is 0 Å². The Kier molecular flexibility index (Phi) is 3.07. The second-order valence-electron chi connectivity index (χ2n) is 4.29. The van der Waals surface area contributed by atoms with Crippen LogP contribution in [0, 0.1) is 13.8 Å². The molecule has 0 bridgehead atoms. The highest BCUT2D eigenvalue weighted by Gasteiger charge is 2.41. The molecule has 1 aromatic heterocycles. The maximum absolute atomic E-state index is 5.12. The van der Waals surface area contributed by atoms with Crippen LogP contribution in [-0.4, -0.2) is 22.7 Å². The van der Waals surface area contributed by atoms with Gasteiger partial charge < -0.3 is 9.84 Å². The van der Waals surface area contributed by atoms with Crippen molar-refractivity contribution in [3.63, 3.8) is 0 Å². The molecule has 0 atom stereocenters. The molecule has 0 saturated heterocycles. The number of nitrogens with zero attached hydrogens (tertiary/aromatic N) is 1. The molecule has 1 fully saturated rings. The third-order valence-electron chi connectivity index (χ3n) is 3.17. The van der Waals surface area contributed by atoms with Gasteiger partial charge in [0.25, 0.3) is 0 Å². The van der Waals surface area contributed by atoms with Crippen molar-refractivity contribution in [1.29, 1.82) is 0 Å². The van der Waals surface area contributed by atoms with Gasteiger partial charge in [0.05, 0.1) is 5.69 Å². The number of rotatable bonds is 5. The van der Waals surface area contributed by atoms with E-state index in [0.29, 0.717) is 4.75 Å². The molecule has 0 aliphatic heterocycles. The van der Waals surface area contributed by atoms with Crippen molar-refractivity contribution in [2.45, 2.75) is 38.0 Å². The molecule has 84 valence electrons. The molecular weight excluding hydrogens is 208 g/mol. The third-order valence-corrected chi connectivity index (χ3v) is 4.59. The summed E-state index contributed by atoms with van der Waals surface area (Å²) in [5.41, 5.74) is 2.22. The van der Waals surface area contributed by atoms with E-state index < -0.39 is 0 Å². The van der Waals surface area contributed by atoms with Crippen molar-refractivity contribution >= 4 is 11.8 Å². The normalized spacial score (nSPS) is 18.1. The lowest BCUT2D eigenvalue weighted by molar-refractivity contribution is 0.392. The van der Waals surface area contributed by atoms with Gasteiger partial charge in [-0.05, 0) is 32.9 Å². The van der Waals surface area contributed by atoms with E-state index in [1.807, 2.05) is 25.6 Å². The van der Waals surface area contributed by atoms with E-state index in [4.69, 9.17) is 4.52 Å². The van der Waals surface area contributed by atoms with Gasteiger partial charge in [-0.2, -0.15) is 11.8 Å². The Hall–Kier alpha value is -0.480. The van der Waals surface area contributed by atoms with Crippen molar-refractivity contribution in [2.75, 3.05) is 12.8 Å². The fourth-order valence-corrected chi connectivity index (χ4v) is 2.52. The average molecular weight is 226 g/mol. The molecule has 0 spiro atoms. The van der Waals surface area contributed by atoms with E-state index in [2.05, 4.69) is 16.7 Å². The molecule has 0 amide bonds. The van der Waals surface area contributed by atoms with Crippen LogP contribution in [0.3, 0.4) is 0 Å². The molecule has 1 aliphatic carbocycles. The van der Waals surface area contributed by atoms with E-state index in [1.165, 1.54) is 18.4 Å². The van der Waals surface area contributed by atoms with Crippen LogP contribution in [0.5, 0.6) is 0 Å². The zero-order valence-electron chi connectivity index (χ0n) is 9.59. The first-order valence-corrected chi connectivity index (χ1v) is 6.57. The molecule has 1 aromatic rings. The molecule has 15 heavy (non-hydrogen) atoms. The summed E-state index contributed by atoms with van der Waals surface area (Å²) in [6.45, 7) is 5.94. The van der Waals surface area contributed by atoms with Gasteiger partial charge in [-0.15, -0.1) is 0 Å². The number of thioether (sulfide) groups is 1. The first-order valence-electron chi connectivity index (χ1n) is 5.34. The predicted molar refractivity (Wildman–Crippen MR) is 63.2 cm³/mol. The van der Waals surface area contributed by atoms with Crippen molar-refractivity contribution in [2.24, 2.45) is 0 Å². The highest BCUT2D eigenvalue weighted by Crippen LogP contribution is 2.46. The Morgan fingerprint density at radius 3 is 2.67 bits per heavy atom. The number of hydrogen-bond donors (Lipinski definition) is 1. The summed E-state index contributed by atoms with van der Waals surface area (Å²) >= 11 is 1.98. The van der Waals surface area contributed by atoms with Crippen LogP contribution in [0.25, 0.3) is 0 Å². The Morgan fingerprint density at radius 2 is 2.20 bits per heavy atom. The van der Waals surface area contributed by atoms with Gasteiger partial charge in [0.1, 0.15) is 5.76 Å². The molecule has 1 N–H and O–H groups in total. The van der Waals surface area contributed by atoms with E-state index in [0.717, 1.165) is 24.5 Å². The van der Waals surface area contributed by atoms with Crippen LogP contribution in [0.15, 0.2) is 4.52 Å². The fourth-order valence-electron chi connectivity index (χ4n) is 1.76. The second kappa shape index (κ2) is 4.18. The molecule has 0 unspecified atom stereocenters. The lowest BCUT2D eigenvalue weighted by atomic mass is 10.2. The largest absolute Gasteiger partial charge is 0.361 e. The lowest BCUT2D eigenvalue weighted by Gasteiger charge is -2.12. The highest BCUT2D eigenvalue weighted by molar-refractivity contribution is 8.00. The molecule has 1 aliphatic rings. The summed E-state index contributed by atoms with van der Waals surface area (Å²) in [5, 5.41) is 7.45. The molecule has 2 rings (SSSR count). The number of aromatic nitrogens is 1. The summed E-state index contributed by atoms with van der Waals surface area (Å²) in [7, 11) is 0. The van der Waals surface area contributed by atoms with Crippen LogP contribution in [0.1, 0.15) is 29.9 Å². The number of hydrogen-bond acceptors (Lipinski definition) is 4. The number of aryl methyl sites for hydroxylation is 2. The van der Waals surface area contributed by atoms with E-state index in [1.54, 1.807) is 0 Å². The standard InChI is InChI=1S/C11H18N2OS/c1-8-10(9(2)14-13-8)6-12-7-11(15-3)4-5-11/h12H,4-7H2,1-3H3. The molecule has 4 heteroatoms. The van der Waals surface area contributed by atoms with E-state index >= 15 is 0 Å². The van der Waals surface area contributed by atoms with Gasteiger partial charge in [-0.3, -0.25) is 0 Å². The zero-order valence-corrected chi connectivity index (χ0v) is 10.4. The van der Waals surface area contributed by atoms with E-state index in [-0.39, 0.29) is 0 Å². The van der Waals surface area contributed by atoms with Crippen molar-refractivity contribution < 1.29 is 4.52 Å². The first-order chi connectivity index (χ1) is 7.17. The zero-order chi connectivity index (χ0) is 10.9. The Balaban J connectivity index is 1.83. The average Bonchev–Trinajstić information content (AvgIpc) is 2.95. The van der Waals surface area contributed by atoms with Crippen molar-refractivity contribution in [3.8, 4) is 0 Å². The molecule has 3 nitrogen and oxygen atoms in total. The van der Waals surface area contributed by atoms with Gasteiger partial charge in [0.15, 0.2) is 0 Å².